The average molecular weight is 111 g/mol. The van der Waals surface area contributed by atoms with Crippen molar-refractivity contribution in [2.75, 3.05) is 0 Å². The second-order valence-corrected chi connectivity index (χ2v) is 1.22. The Morgan fingerprint density at radius 1 is 1.75 bits per heavy atom. The fourth-order valence-corrected chi connectivity index (χ4v) is 0.299. The Morgan fingerprint density at radius 3 is 2.75 bits per heavy atom. The van der Waals surface area contributed by atoms with E-state index in [1.54, 1.807) is 0 Å². The molecule has 1 aromatic heterocycles. The van der Waals surface area contributed by atoms with E-state index in [1.807, 2.05) is 0 Å². The van der Waals surface area contributed by atoms with Crippen molar-refractivity contribution in [2.45, 2.75) is 0 Å². The van der Waals surface area contributed by atoms with Crippen molar-refractivity contribution in [3.8, 4) is 0 Å². The van der Waals surface area contributed by atoms with E-state index < -0.39 is 0 Å². The molecule has 0 saturated carbocycles. The first-order chi connectivity index (χ1) is 3.80. The van der Waals surface area contributed by atoms with Gasteiger partial charge in [-0.2, -0.15) is 0 Å². The Morgan fingerprint density at radius 2 is 2.50 bits per heavy atom. The fourth-order valence-electron chi connectivity index (χ4n) is 0.299. The number of tetrazole rings is 1. The molecule has 8 heavy (non-hydrogen) atoms. The van der Waals surface area contributed by atoms with Crippen molar-refractivity contribution >= 4 is 5.82 Å². The Balaban J connectivity index is 2.93. The van der Waals surface area contributed by atoms with E-state index in [-0.39, 0.29) is 5.82 Å². The summed E-state index contributed by atoms with van der Waals surface area (Å²) in [6.07, 6.45) is 1.29. The predicted octanol–water partition coefficient (Wildman–Crippen LogP) is -0.940. The lowest BCUT2D eigenvalue weighted by atomic mass is 10.9. The minimum atomic E-state index is 0.266. The molecule has 0 saturated heterocycles. The Bertz CT molecular complexity index is 176. The maximum Gasteiger partial charge on any atom is 0.162 e. The normalized spacial score (nSPS) is 9.00. The van der Waals surface area contributed by atoms with Crippen LogP contribution in [0.1, 0.15) is 0 Å². The van der Waals surface area contributed by atoms with Crippen LogP contribution in [0, 0.1) is 0 Å². The second-order valence-electron chi connectivity index (χ2n) is 1.22. The van der Waals surface area contributed by atoms with Crippen LogP contribution in [0.4, 0.5) is 0 Å². The van der Waals surface area contributed by atoms with Gasteiger partial charge < -0.3 is 5.73 Å². The largest absolute Gasteiger partial charge is 0.383 e. The summed E-state index contributed by atoms with van der Waals surface area (Å²) in [5.74, 6) is 0.266. The summed E-state index contributed by atoms with van der Waals surface area (Å²) in [4.78, 5) is 1.14. The maximum absolute atomic E-state index is 5.16. The highest BCUT2D eigenvalue weighted by Gasteiger charge is 1.88. The van der Waals surface area contributed by atoms with Gasteiger partial charge in [-0.3, -0.25) is 0 Å². The summed E-state index contributed by atoms with van der Waals surface area (Å²) in [5, 5.41) is 10.4. The van der Waals surface area contributed by atoms with Crippen LogP contribution in [0.3, 0.4) is 0 Å². The molecule has 0 aliphatic rings. The molecule has 0 spiro atoms. The van der Waals surface area contributed by atoms with Gasteiger partial charge in [0.05, 0.1) is 0 Å². The predicted molar refractivity (Wildman–Crippen MR) is 27.3 cm³/mol. The molecule has 0 aliphatic carbocycles. The fraction of sp³-hybridized carbons (Fsp3) is 0. The van der Waals surface area contributed by atoms with Crippen LogP contribution in [0.5, 0.6) is 0 Å². The van der Waals surface area contributed by atoms with Crippen LogP contribution in [0.2, 0.25) is 0 Å². The van der Waals surface area contributed by atoms with Gasteiger partial charge in [-0.25, -0.2) is 0 Å². The quantitative estimate of drug-likeness (QED) is 0.507. The third-order valence-corrected chi connectivity index (χ3v) is 0.606. The minimum absolute atomic E-state index is 0.266. The summed E-state index contributed by atoms with van der Waals surface area (Å²) in [5.41, 5.74) is 5.16. The SMILES string of the molecule is C=C(N)n1ncnn1. The van der Waals surface area contributed by atoms with Crippen LogP contribution in [0.25, 0.3) is 5.82 Å². The van der Waals surface area contributed by atoms with Crippen LogP contribution in [0.15, 0.2) is 12.9 Å². The third-order valence-electron chi connectivity index (χ3n) is 0.606. The molecule has 0 radical (unpaired) electrons. The first-order valence-electron chi connectivity index (χ1n) is 1.98. The van der Waals surface area contributed by atoms with Crippen molar-refractivity contribution in [3.63, 3.8) is 0 Å². The van der Waals surface area contributed by atoms with Crippen molar-refractivity contribution in [1.29, 1.82) is 0 Å². The zero-order chi connectivity index (χ0) is 5.98. The molecule has 0 atom stereocenters. The zero-order valence-corrected chi connectivity index (χ0v) is 4.15. The molecule has 5 nitrogen and oxygen atoms in total. The lowest BCUT2D eigenvalue weighted by Crippen LogP contribution is -2.07. The van der Waals surface area contributed by atoms with E-state index in [9.17, 15) is 0 Å². The smallest absolute Gasteiger partial charge is 0.162 e. The van der Waals surface area contributed by atoms with E-state index in [0.717, 1.165) is 4.80 Å². The zero-order valence-electron chi connectivity index (χ0n) is 4.15. The van der Waals surface area contributed by atoms with Crippen molar-refractivity contribution in [1.82, 2.24) is 20.2 Å². The van der Waals surface area contributed by atoms with Gasteiger partial charge in [0.1, 0.15) is 5.82 Å². The summed E-state index contributed by atoms with van der Waals surface area (Å²) < 4.78 is 0. The summed E-state index contributed by atoms with van der Waals surface area (Å²) in [7, 11) is 0. The van der Waals surface area contributed by atoms with Gasteiger partial charge in [0.25, 0.3) is 0 Å². The van der Waals surface area contributed by atoms with Gasteiger partial charge in [0, 0.05) is 0 Å². The number of nitrogens with two attached hydrogens (primary N) is 1. The monoisotopic (exact) mass is 111 g/mol. The van der Waals surface area contributed by atoms with Gasteiger partial charge in [-0.15, -0.1) is 15.0 Å². The molecule has 0 bridgehead atoms. The topological polar surface area (TPSA) is 69.6 Å². The highest BCUT2D eigenvalue weighted by molar-refractivity contribution is 5.30. The number of hydrogen-bond acceptors (Lipinski definition) is 4. The molecule has 0 aromatic carbocycles. The molecule has 0 unspecified atom stereocenters. The molecule has 0 amide bonds. The number of nitrogens with zero attached hydrogens (tertiary/aromatic N) is 4. The van der Waals surface area contributed by atoms with Crippen molar-refractivity contribution in [3.05, 3.63) is 12.9 Å². The first kappa shape index (κ1) is 4.76. The number of aromatic nitrogens is 4. The van der Waals surface area contributed by atoms with Gasteiger partial charge in [-0.1, -0.05) is 6.58 Å². The first-order valence-corrected chi connectivity index (χ1v) is 1.98. The van der Waals surface area contributed by atoms with Crippen LogP contribution >= 0.6 is 0 Å². The van der Waals surface area contributed by atoms with Crippen molar-refractivity contribution < 1.29 is 0 Å². The maximum atomic E-state index is 5.16. The summed E-state index contributed by atoms with van der Waals surface area (Å²) in [6.45, 7) is 3.37. The molecule has 2 N–H and O–H groups in total. The molecule has 1 rings (SSSR count). The van der Waals surface area contributed by atoms with Crippen molar-refractivity contribution in [2.24, 2.45) is 5.73 Å². The molecule has 1 aromatic rings. The number of rotatable bonds is 1. The Labute approximate surface area is 45.8 Å². The lowest BCUT2D eigenvalue weighted by Gasteiger charge is -1.89. The van der Waals surface area contributed by atoms with E-state index in [4.69, 9.17) is 5.73 Å². The minimum Gasteiger partial charge on any atom is -0.383 e. The standard InChI is InChI=1S/C3H5N5/c1-3(4)8-6-2-5-7-8/h2H,1,4H2. The van der Waals surface area contributed by atoms with Gasteiger partial charge in [0.2, 0.25) is 0 Å². The highest BCUT2D eigenvalue weighted by atomic mass is 15.6. The van der Waals surface area contributed by atoms with Gasteiger partial charge in [-0.05, 0) is 5.21 Å². The van der Waals surface area contributed by atoms with Gasteiger partial charge in [0.15, 0.2) is 6.33 Å². The molecule has 1 heterocycles. The molecular weight excluding hydrogens is 106 g/mol. The molecule has 5 heteroatoms. The Hall–Kier alpha value is -1.39. The van der Waals surface area contributed by atoms with E-state index in [2.05, 4.69) is 22.0 Å². The van der Waals surface area contributed by atoms with E-state index in [1.165, 1.54) is 6.33 Å². The second kappa shape index (κ2) is 1.61. The molecular formula is C3H5N5. The van der Waals surface area contributed by atoms with E-state index >= 15 is 0 Å². The number of hydrogen-bond donors (Lipinski definition) is 1. The molecule has 42 valence electrons. The highest BCUT2D eigenvalue weighted by Crippen LogP contribution is 1.78. The molecule has 0 aliphatic heterocycles. The van der Waals surface area contributed by atoms with Crippen LogP contribution < -0.4 is 5.73 Å². The lowest BCUT2D eigenvalue weighted by molar-refractivity contribution is 0.729. The van der Waals surface area contributed by atoms with Crippen LogP contribution in [-0.4, -0.2) is 20.2 Å². The third kappa shape index (κ3) is 0.651. The summed E-state index contributed by atoms with van der Waals surface area (Å²) >= 11 is 0. The average Bonchev–Trinajstić information content (AvgIpc) is 2.12. The molecule has 0 fully saturated rings. The van der Waals surface area contributed by atoms with Crippen LogP contribution in [-0.2, 0) is 0 Å². The van der Waals surface area contributed by atoms with Gasteiger partial charge >= 0.3 is 0 Å². The Kier molecular flexibility index (Phi) is 0.957. The summed E-state index contributed by atoms with van der Waals surface area (Å²) in [6, 6.07) is 0. The van der Waals surface area contributed by atoms with E-state index in [0.29, 0.717) is 0 Å².